The molecule has 0 bridgehead atoms. The maximum absolute atomic E-state index is 11.2. The molecule has 0 atom stereocenters. The Labute approximate surface area is 106 Å². The monoisotopic (exact) mass is 279 g/mol. The normalized spacial score (nSPS) is 9.62. The second-order valence-corrected chi connectivity index (χ2v) is 3.66. The molecule has 1 heterocycles. The fourth-order valence-electron chi connectivity index (χ4n) is 0.799. The standard InChI is InChI=1S/C8H7Cl2N3O2S/c1-2-3-15-8(14)11-4-5(9)12-7(16)13-6(4)10/h2H,1,3H2,(H,11,14)(H,12,13,16). The van der Waals surface area contributed by atoms with Gasteiger partial charge in [-0.25, -0.2) is 9.78 Å². The van der Waals surface area contributed by atoms with Crippen LogP contribution < -0.4 is 5.32 Å². The number of nitrogens with one attached hydrogen (secondary N) is 2. The average molecular weight is 280 g/mol. The number of amides is 1. The number of carbonyl (C=O) groups is 1. The van der Waals surface area contributed by atoms with Gasteiger partial charge in [-0.15, -0.1) is 0 Å². The maximum atomic E-state index is 11.2. The van der Waals surface area contributed by atoms with Gasteiger partial charge >= 0.3 is 6.09 Å². The van der Waals surface area contributed by atoms with Crippen LogP contribution in [0.2, 0.25) is 10.3 Å². The lowest BCUT2D eigenvalue weighted by molar-refractivity contribution is 0.174. The summed E-state index contributed by atoms with van der Waals surface area (Å²) in [6.45, 7) is 3.48. The molecule has 2 N–H and O–H groups in total. The summed E-state index contributed by atoms with van der Waals surface area (Å²) in [5.74, 6) is 0. The largest absolute Gasteiger partial charge is 0.445 e. The van der Waals surface area contributed by atoms with Gasteiger partial charge in [0, 0.05) is 0 Å². The molecular weight excluding hydrogens is 273 g/mol. The molecule has 0 aliphatic carbocycles. The molecule has 8 heteroatoms. The van der Waals surface area contributed by atoms with Gasteiger partial charge in [-0.3, -0.25) is 5.32 Å². The Hall–Kier alpha value is -1.11. The fourth-order valence-corrected chi connectivity index (χ4v) is 1.60. The minimum Gasteiger partial charge on any atom is -0.445 e. The summed E-state index contributed by atoms with van der Waals surface area (Å²) in [6, 6.07) is 0. The van der Waals surface area contributed by atoms with E-state index in [1.54, 1.807) is 0 Å². The number of halogens is 2. The predicted octanol–water partition coefficient (Wildman–Crippen LogP) is 3.18. The van der Waals surface area contributed by atoms with Crippen molar-refractivity contribution in [3.63, 3.8) is 0 Å². The number of hydrogen-bond acceptors (Lipinski definition) is 4. The van der Waals surface area contributed by atoms with E-state index in [1.807, 2.05) is 0 Å². The van der Waals surface area contributed by atoms with Gasteiger partial charge in [-0.1, -0.05) is 35.9 Å². The summed E-state index contributed by atoms with van der Waals surface area (Å²) in [4.78, 5) is 17.4. The summed E-state index contributed by atoms with van der Waals surface area (Å²) < 4.78 is 4.81. The number of H-pyrrole nitrogens is 1. The van der Waals surface area contributed by atoms with Crippen molar-refractivity contribution in [1.82, 2.24) is 9.97 Å². The second-order valence-electron chi connectivity index (χ2n) is 2.53. The number of aromatic nitrogens is 2. The van der Waals surface area contributed by atoms with Crippen molar-refractivity contribution in [2.24, 2.45) is 0 Å². The van der Waals surface area contributed by atoms with E-state index in [1.165, 1.54) is 6.08 Å². The van der Waals surface area contributed by atoms with Crippen molar-refractivity contribution in [3.05, 3.63) is 27.7 Å². The van der Waals surface area contributed by atoms with Crippen LogP contribution in [0.25, 0.3) is 0 Å². The zero-order valence-electron chi connectivity index (χ0n) is 7.92. The van der Waals surface area contributed by atoms with Gasteiger partial charge in [0.1, 0.15) is 17.4 Å². The van der Waals surface area contributed by atoms with E-state index in [-0.39, 0.29) is 27.4 Å². The van der Waals surface area contributed by atoms with Crippen molar-refractivity contribution in [2.45, 2.75) is 0 Å². The molecule has 0 radical (unpaired) electrons. The quantitative estimate of drug-likeness (QED) is 0.507. The Morgan fingerprint density at radius 3 is 2.94 bits per heavy atom. The fraction of sp³-hybridized carbons (Fsp3) is 0.125. The summed E-state index contributed by atoms with van der Waals surface area (Å²) >= 11 is 16.3. The number of anilines is 1. The number of hydrogen-bond donors (Lipinski definition) is 2. The minimum atomic E-state index is -0.712. The van der Waals surface area contributed by atoms with E-state index in [0.717, 1.165) is 0 Å². The average Bonchev–Trinajstić information content (AvgIpc) is 2.20. The van der Waals surface area contributed by atoms with Crippen LogP contribution >= 0.6 is 35.4 Å². The van der Waals surface area contributed by atoms with Crippen molar-refractivity contribution in [3.8, 4) is 0 Å². The van der Waals surface area contributed by atoms with Crippen molar-refractivity contribution < 1.29 is 9.53 Å². The van der Waals surface area contributed by atoms with Crippen molar-refractivity contribution in [2.75, 3.05) is 11.9 Å². The van der Waals surface area contributed by atoms with Crippen molar-refractivity contribution >= 4 is 47.2 Å². The zero-order chi connectivity index (χ0) is 12.1. The number of ether oxygens (including phenoxy) is 1. The van der Waals surface area contributed by atoms with E-state index < -0.39 is 6.09 Å². The van der Waals surface area contributed by atoms with Crippen LogP contribution in [0.1, 0.15) is 0 Å². The Morgan fingerprint density at radius 1 is 1.69 bits per heavy atom. The highest BCUT2D eigenvalue weighted by Gasteiger charge is 2.12. The summed E-state index contributed by atoms with van der Waals surface area (Å²) in [6.07, 6.45) is 0.718. The summed E-state index contributed by atoms with van der Waals surface area (Å²) in [5, 5.41) is 2.40. The molecule has 1 rings (SSSR count). The molecule has 0 aliphatic heterocycles. The number of nitrogens with zero attached hydrogens (tertiary/aromatic N) is 1. The van der Waals surface area contributed by atoms with Crippen molar-refractivity contribution in [1.29, 1.82) is 0 Å². The summed E-state index contributed by atoms with van der Waals surface area (Å²) in [5.41, 5.74) is 0.117. The number of aromatic amines is 1. The molecule has 86 valence electrons. The smallest absolute Gasteiger partial charge is 0.412 e. The van der Waals surface area contributed by atoms with Gasteiger partial charge < -0.3 is 9.72 Å². The first kappa shape index (κ1) is 13.0. The molecule has 0 saturated carbocycles. The van der Waals surface area contributed by atoms with E-state index >= 15 is 0 Å². The van der Waals surface area contributed by atoms with Gasteiger partial charge in [-0.2, -0.15) is 0 Å². The van der Waals surface area contributed by atoms with E-state index in [0.29, 0.717) is 0 Å². The molecule has 1 aromatic heterocycles. The molecule has 0 aromatic carbocycles. The van der Waals surface area contributed by atoms with Crippen LogP contribution in [0.15, 0.2) is 12.7 Å². The Bertz CT molecular complexity index is 449. The van der Waals surface area contributed by atoms with E-state index in [4.69, 9.17) is 35.4 Å². The Morgan fingerprint density at radius 2 is 2.38 bits per heavy atom. The third kappa shape index (κ3) is 3.48. The van der Waals surface area contributed by atoms with Gasteiger partial charge in [0.25, 0.3) is 0 Å². The van der Waals surface area contributed by atoms with Gasteiger partial charge in [0.2, 0.25) is 0 Å². The third-order valence-corrected chi connectivity index (χ3v) is 2.15. The lowest BCUT2D eigenvalue weighted by Crippen LogP contribution is -2.15. The summed E-state index contributed by atoms with van der Waals surface area (Å²) in [7, 11) is 0. The Balaban J connectivity index is 2.85. The third-order valence-electron chi connectivity index (χ3n) is 1.40. The minimum absolute atomic E-state index is 0.00990. The Kier molecular flexibility index (Phi) is 4.72. The molecule has 16 heavy (non-hydrogen) atoms. The molecule has 0 spiro atoms. The number of rotatable bonds is 3. The topological polar surface area (TPSA) is 67.0 Å². The van der Waals surface area contributed by atoms with Crippen LogP contribution in [0.3, 0.4) is 0 Å². The molecule has 0 saturated heterocycles. The van der Waals surface area contributed by atoms with Crippen LogP contribution in [0.5, 0.6) is 0 Å². The molecule has 5 nitrogen and oxygen atoms in total. The zero-order valence-corrected chi connectivity index (χ0v) is 10.2. The van der Waals surface area contributed by atoms with E-state index in [2.05, 4.69) is 26.6 Å². The van der Waals surface area contributed by atoms with Gasteiger partial charge in [-0.05, 0) is 12.2 Å². The lowest BCUT2D eigenvalue weighted by Gasteiger charge is -2.07. The second kappa shape index (κ2) is 5.83. The molecule has 1 amide bonds. The molecule has 1 aromatic rings. The van der Waals surface area contributed by atoms with Crippen LogP contribution in [-0.4, -0.2) is 22.7 Å². The first-order chi connectivity index (χ1) is 7.54. The number of carbonyl (C=O) groups excluding carboxylic acids is 1. The highest BCUT2D eigenvalue weighted by atomic mass is 35.5. The van der Waals surface area contributed by atoms with Gasteiger partial charge in [0.05, 0.1) is 0 Å². The van der Waals surface area contributed by atoms with Gasteiger partial charge in [0.15, 0.2) is 9.92 Å². The highest BCUT2D eigenvalue weighted by molar-refractivity contribution is 7.71. The first-order valence-electron chi connectivity index (χ1n) is 4.04. The van der Waals surface area contributed by atoms with E-state index in [9.17, 15) is 4.79 Å². The van der Waals surface area contributed by atoms with Crippen LogP contribution in [0.4, 0.5) is 10.5 Å². The predicted molar refractivity (Wildman–Crippen MR) is 64.6 cm³/mol. The molecule has 0 fully saturated rings. The molecule has 0 aliphatic rings. The maximum Gasteiger partial charge on any atom is 0.412 e. The highest BCUT2D eigenvalue weighted by Crippen LogP contribution is 2.26. The SMILES string of the molecule is C=CCOC(=O)Nc1c(Cl)nc(=S)[nH]c1Cl. The first-order valence-corrected chi connectivity index (χ1v) is 5.21. The lowest BCUT2D eigenvalue weighted by atomic mass is 10.5. The van der Waals surface area contributed by atoms with Crippen LogP contribution in [-0.2, 0) is 4.74 Å². The van der Waals surface area contributed by atoms with Crippen LogP contribution in [0, 0.1) is 4.77 Å². The molecule has 0 unspecified atom stereocenters. The molecular formula is C8H7Cl2N3O2S.